The Morgan fingerprint density at radius 3 is 2.42 bits per heavy atom. The average molecular weight is 530 g/mol. The van der Waals surface area contributed by atoms with Crippen molar-refractivity contribution in [2.24, 2.45) is 0 Å². The minimum absolute atomic E-state index is 0. The first kappa shape index (κ1) is 19.7. The van der Waals surface area contributed by atoms with Gasteiger partial charge in [-0.1, -0.05) is 42.6 Å². The average Bonchev–Trinajstić information content (AvgIpc) is 2.35. The molecule has 0 fully saturated rings. The summed E-state index contributed by atoms with van der Waals surface area (Å²) in [6.45, 7) is 5.22. The summed E-state index contributed by atoms with van der Waals surface area (Å²) in [7, 11) is 0. The zero-order chi connectivity index (χ0) is 13.5. The summed E-state index contributed by atoms with van der Waals surface area (Å²) in [5, 5.41) is 10.4. The number of rotatable bonds is 7. The monoisotopic (exact) mass is 529 g/mol. The van der Waals surface area contributed by atoms with E-state index < -0.39 is 12.4 Å². The Morgan fingerprint density at radius 1 is 1.32 bits per heavy atom. The maximum atomic E-state index is 9.30. The molecule has 2 unspecified atom stereocenters. The van der Waals surface area contributed by atoms with Crippen LogP contribution in [0.2, 0.25) is 10.0 Å². The van der Waals surface area contributed by atoms with Crippen molar-refractivity contribution in [3.8, 4) is 0 Å². The number of ether oxygens (including phenoxy) is 2. The smallest absolute Gasteiger partial charge is 0.125 e. The van der Waals surface area contributed by atoms with E-state index in [-0.39, 0.29) is 37.7 Å². The van der Waals surface area contributed by atoms with Crippen LogP contribution < -0.4 is 0 Å². The molecule has 0 heterocycles. The van der Waals surface area contributed by atoms with Crippen LogP contribution in [0, 0.1) is 37.7 Å². The molecule has 1 aromatic rings. The quantitative estimate of drug-likeness (QED) is 0.431. The summed E-state index contributed by atoms with van der Waals surface area (Å²) < 4.78 is 10.7. The van der Waals surface area contributed by atoms with Gasteiger partial charge in [-0.2, -0.15) is 6.61 Å². The number of halogens is 2. The number of aliphatic hydroxyl groups excluding tert-OH is 1. The predicted molar refractivity (Wildman–Crippen MR) is 72.4 cm³/mol. The Hall–Kier alpha value is 0.732. The molecule has 1 N–H and O–H groups in total. The van der Waals surface area contributed by atoms with Gasteiger partial charge in [0.15, 0.2) is 0 Å². The molecule has 1 rings (SSSR count). The molecule has 3 nitrogen and oxygen atoms in total. The first-order chi connectivity index (χ1) is 8.54. The summed E-state index contributed by atoms with van der Waals surface area (Å²) in [5.74, 6) is 0. The van der Waals surface area contributed by atoms with Gasteiger partial charge < -0.3 is 14.6 Å². The minimum Gasteiger partial charge on any atom is -0.527 e. The molecule has 0 aliphatic rings. The van der Waals surface area contributed by atoms with Crippen LogP contribution >= 0.6 is 23.2 Å². The molecule has 6 heteroatoms. The van der Waals surface area contributed by atoms with E-state index in [1.54, 1.807) is 25.1 Å². The van der Waals surface area contributed by atoms with E-state index in [1.165, 1.54) is 6.61 Å². The van der Waals surface area contributed by atoms with Crippen LogP contribution in [0.1, 0.15) is 25.8 Å². The second-order valence-corrected chi connectivity index (χ2v) is 4.64. The first-order valence-corrected chi connectivity index (χ1v) is 6.51. The van der Waals surface area contributed by atoms with E-state index >= 15 is 0 Å². The van der Waals surface area contributed by atoms with Crippen molar-refractivity contribution in [1.29, 1.82) is 0 Å². The van der Waals surface area contributed by atoms with E-state index in [4.69, 9.17) is 32.7 Å². The molecule has 106 valence electrons. The van der Waals surface area contributed by atoms with Crippen molar-refractivity contribution in [2.45, 2.75) is 39.3 Å². The number of hydrogen-bond donors (Lipinski definition) is 1. The van der Waals surface area contributed by atoms with Crippen molar-refractivity contribution >= 4 is 23.2 Å². The molecule has 1 aromatic carbocycles. The van der Waals surface area contributed by atoms with Crippen molar-refractivity contribution in [1.82, 2.24) is 0 Å². The van der Waals surface area contributed by atoms with E-state index in [9.17, 15) is 5.11 Å². The molecule has 0 bridgehead atoms. The van der Waals surface area contributed by atoms with Crippen molar-refractivity contribution in [3.05, 3.63) is 40.4 Å². The second kappa shape index (κ2) is 10.5. The fourth-order valence-corrected chi connectivity index (χ4v) is 1.71. The molecule has 19 heavy (non-hydrogen) atoms. The fraction of sp³-hybridized carbons (Fsp3) is 0.462. The van der Waals surface area contributed by atoms with Gasteiger partial charge in [0, 0.05) is 46.7 Å². The first-order valence-electron chi connectivity index (χ1n) is 5.76. The molecule has 2 atom stereocenters. The molecule has 0 aliphatic carbocycles. The van der Waals surface area contributed by atoms with Gasteiger partial charge in [0.25, 0.3) is 0 Å². The predicted octanol–water partition coefficient (Wildman–Crippen LogP) is 3.81. The number of benzene rings is 1. The Labute approximate surface area is 147 Å². The third kappa shape index (κ3) is 7.34. The van der Waals surface area contributed by atoms with E-state index in [0.717, 1.165) is 5.56 Å². The van der Waals surface area contributed by atoms with Crippen LogP contribution in [0.4, 0.5) is 0 Å². The van der Waals surface area contributed by atoms with Gasteiger partial charge >= 0.3 is 0 Å². The number of hydrogen-bond acceptors (Lipinski definition) is 3. The van der Waals surface area contributed by atoms with Gasteiger partial charge in [0.1, 0.15) is 6.29 Å². The van der Waals surface area contributed by atoms with E-state index in [1.807, 2.05) is 6.92 Å². The van der Waals surface area contributed by atoms with Crippen LogP contribution in [0.15, 0.2) is 18.2 Å². The molecule has 0 spiro atoms. The molecular weight excluding hydrogens is 513 g/mol. The molecule has 0 radical (unpaired) electrons. The Kier molecular flexibility index (Phi) is 10.9. The SMILES string of the molecule is CCC(O)[CH-]OC(C)OCc1c(Cl)cccc1Cl.[U]. The summed E-state index contributed by atoms with van der Waals surface area (Å²) in [4.78, 5) is 0. The maximum absolute atomic E-state index is 9.30. The van der Waals surface area contributed by atoms with E-state index in [0.29, 0.717) is 16.5 Å². The molecule has 0 saturated heterocycles. The number of aliphatic hydroxyl groups is 1. The van der Waals surface area contributed by atoms with Gasteiger partial charge in [-0.15, -0.1) is 0 Å². The molecule has 0 aliphatic heterocycles. The van der Waals surface area contributed by atoms with Crippen LogP contribution in [0.25, 0.3) is 0 Å². The standard InChI is InChI=1S/C13H17Cl2O3.U/c1-3-10(16)7-17-9(2)18-8-11-12(14)5-4-6-13(11)15;/h4-7,9-10,16H,3,8H2,1-2H3;/q-1;. The third-order valence-corrected chi connectivity index (χ3v) is 3.08. The topological polar surface area (TPSA) is 38.7 Å². The third-order valence-electron chi connectivity index (χ3n) is 2.37. The maximum Gasteiger partial charge on any atom is 0.125 e. The molecule has 0 amide bonds. The van der Waals surface area contributed by atoms with Gasteiger partial charge in [-0.25, -0.2) is 0 Å². The fourth-order valence-electron chi connectivity index (χ4n) is 1.21. The summed E-state index contributed by atoms with van der Waals surface area (Å²) in [5.41, 5.74) is 0.729. The normalized spacial score (nSPS) is 13.7. The van der Waals surface area contributed by atoms with Gasteiger partial charge in [-0.3, -0.25) is 0 Å². The largest absolute Gasteiger partial charge is 0.527 e. The van der Waals surface area contributed by atoms with E-state index in [2.05, 4.69) is 0 Å². The summed E-state index contributed by atoms with van der Waals surface area (Å²) in [6.07, 6.45) is -0.457. The molecular formula is C13H17Cl2O3U-. The van der Waals surface area contributed by atoms with Crippen molar-refractivity contribution in [2.75, 3.05) is 0 Å². The van der Waals surface area contributed by atoms with Crippen LogP contribution in [-0.4, -0.2) is 17.5 Å². The Bertz CT molecular complexity index is 357. The Balaban J connectivity index is 0.00000324. The summed E-state index contributed by atoms with van der Waals surface area (Å²) in [6, 6.07) is 5.29. The second-order valence-electron chi connectivity index (χ2n) is 3.83. The molecule has 0 saturated carbocycles. The minimum atomic E-state index is -0.583. The Morgan fingerprint density at radius 2 is 1.89 bits per heavy atom. The summed E-state index contributed by atoms with van der Waals surface area (Å²) >= 11 is 12.0. The van der Waals surface area contributed by atoms with Crippen LogP contribution in [0.5, 0.6) is 0 Å². The van der Waals surface area contributed by atoms with Gasteiger partial charge in [-0.05, 0) is 25.2 Å². The van der Waals surface area contributed by atoms with Gasteiger partial charge in [0.05, 0.1) is 6.61 Å². The zero-order valence-electron chi connectivity index (χ0n) is 10.9. The van der Waals surface area contributed by atoms with Gasteiger partial charge in [0.2, 0.25) is 0 Å². The van der Waals surface area contributed by atoms with Crippen LogP contribution in [0.3, 0.4) is 0 Å². The molecule has 0 aromatic heterocycles. The zero-order valence-corrected chi connectivity index (χ0v) is 16.6. The van der Waals surface area contributed by atoms with Crippen molar-refractivity contribution in [3.63, 3.8) is 0 Å². The van der Waals surface area contributed by atoms with Crippen molar-refractivity contribution < 1.29 is 45.7 Å². The van der Waals surface area contributed by atoms with Crippen LogP contribution in [-0.2, 0) is 16.1 Å².